The molecule has 2 unspecified atom stereocenters. The second-order valence-electron chi connectivity index (χ2n) is 4.91. The van der Waals surface area contributed by atoms with Crippen molar-refractivity contribution in [2.75, 3.05) is 0 Å². The van der Waals surface area contributed by atoms with Crippen LogP contribution in [0.15, 0.2) is 16.9 Å². The van der Waals surface area contributed by atoms with Crippen LogP contribution in [0.4, 0.5) is 0 Å². The Morgan fingerprint density at radius 2 is 2.11 bits per heavy atom. The van der Waals surface area contributed by atoms with Crippen molar-refractivity contribution in [1.82, 2.24) is 10.3 Å². The molecule has 1 aromatic rings. The number of aryl methyl sites for hydroxylation is 1. The lowest BCUT2D eigenvalue weighted by Gasteiger charge is -2.29. The van der Waals surface area contributed by atoms with Crippen LogP contribution in [-0.2, 0) is 0 Å². The quantitative estimate of drug-likeness (QED) is 0.720. The van der Waals surface area contributed by atoms with Gasteiger partial charge in [0.2, 0.25) is 0 Å². The molecule has 0 saturated heterocycles. The number of carbonyl (C=O) groups is 1. The van der Waals surface area contributed by atoms with Crippen LogP contribution in [0.25, 0.3) is 0 Å². The Balaban J connectivity index is 2.09. The SMILES string of the molecule is Cc1ccc(C(=O)NC2CCCCC2N)c(=O)[nH]1. The van der Waals surface area contributed by atoms with Gasteiger partial charge in [-0.1, -0.05) is 12.8 Å². The van der Waals surface area contributed by atoms with E-state index >= 15 is 0 Å². The maximum absolute atomic E-state index is 12.0. The summed E-state index contributed by atoms with van der Waals surface area (Å²) >= 11 is 0. The second kappa shape index (κ2) is 5.35. The van der Waals surface area contributed by atoms with Crippen LogP contribution in [0.5, 0.6) is 0 Å². The minimum atomic E-state index is -0.350. The van der Waals surface area contributed by atoms with Gasteiger partial charge in [0.15, 0.2) is 0 Å². The number of nitrogens with one attached hydrogen (secondary N) is 2. The van der Waals surface area contributed by atoms with Gasteiger partial charge >= 0.3 is 0 Å². The van der Waals surface area contributed by atoms with Crippen LogP contribution in [-0.4, -0.2) is 23.0 Å². The number of aromatic nitrogens is 1. The summed E-state index contributed by atoms with van der Waals surface area (Å²) in [6, 6.07) is 3.24. The van der Waals surface area contributed by atoms with E-state index in [1.165, 1.54) is 0 Å². The highest BCUT2D eigenvalue weighted by Crippen LogP contribution is 2.17. The Kier molecular flexibility index (Phi) is 3.81. The number of hydrogen-bond donors (Lipinski definition) is 3. The highest BCUT2D eigenvalue weighted by atomic mass is 16.2. The highest BCUT2D eigenvalue weighted by molar-refractivity contribution is 5.94. The van der Waals surface area contributed by atoms with Crippen molar-refractivity contribution in [3.05, 3.63) is 33.7 Å². The van der Waals surface area contributed by atoms with Crippen LogP contribution in [0.3, 0.4) is 0 Å². The number of H-pyrrole nitrogens is 1. The fourth-order valence-corrected chi connectivity index (χ4v) is 2.34. The monoisotopic (exact) mass is 249 g/mol. The highest BCUT2D eigenvalue weighted by Gasteiger charge is 2.24. The molecule has 2 atom stereocenters. The molecule has 1 aliphatic carbocycles. The van der Waals surface area contributed by atoms with Crippen LogP contribution >= 0.6 is 0 Å². The van der Waals surface area contributed by atoms with E-state index in [4.69, 9.17) is 5.73 Å². The van der Waals surface area contributed by atoms with Crippen molar-refractivity contribution in [3.63, 3.8) is 0 Å². The first-order valence-electron chi connectivity index (χ1n) is 6.34. The smallest absolute Gasteiger partial charge is 0.260 e. The van der Waals surface area contributed by atoms with Gasteiger partial charge < -0.3 is 16.0 Å². The van der Waals surface area contributed by atoms with E-state index in [0.717, 1.165) is 31.4 Å². The molecule has 98 valence electrons. The average Bonchev–Trinajstić information content (AvgIpc) is 2.32. The first-order chi connectivity index (χ1) is 8.58. The number of nitrogens with two attached hydrogens (primary N) is 1. The molecule has 0 aromatic carbocycles. The number of amides is 1. The van der Waals surface area contributed by atoms with Gasteiger partial charge in [-0.25, -0.2) is 0 Å². The topological polar surface area (TPSA) is 88.0 Å². The summed E-state index contributed by atoms with van der Waals surface area (Å²) in [6.45, 7) is 1.78. The van der Waals surface area contributed by atoms with Gasteiger partial charge in [-0.15, -0.1) is 0 Å². The van der Waals surface area contributed by atoms with Crippen molar-refractivity contribution in [2.24, 2.45) is 5.73 Å². The molecule has 0 spiro atoms. The summed E-state index contributed by atoms with van der Waals surface area (Å²) in [5, 5.41) is 2.86. The summed E-state index contributed by atoms with van der Waals surface area (Å²) in [7, 11) is 0. The Morgan fingerprint density at radius 1 is 1.39 bits per heavy atom. The van der Waals surface area contributed by atoms with E-state index in [9.17, 15) is 9.59 Å². The molecule has 5 heteroatoms. The van der Waals surface area contributed by atoms with Crippen LogP contribution in [0, 0.1) is 6.92 Å². The largest absolute Gasteiger partial charge is 0.348 e. The molecule has 2 rings (SSSR count). The summed E-state index contributed by atoms with van der Waals surface area (Å²) in [5.41, 5.74) is 6.51. The summed E-state index contributed by atoms with van der Waals surface area (Å²) in [5.74, 6) is -0.335. The molecule has 1 fully saturated rings. The van der Waals surface area contributed by atoms with Crippen molar-refractivity contribution in [1.29, 1.82) is 0 Å². The lowest BCUT2D eigenvalue weighted by molar-refractivity contribution is 0.0919. The third kappa shape index (κ3) is 2.79. The summed E-state index contributed by atoms with van der Waals surface area (Å²) in [6.07, 6.45) is 3.99. The minimum Gasteiger partial charge on any atom is -0.348 e. The molecule has 1 aromatic heterocycles. The number of hydrogen-bond acceptors (Lipinski definition) is 3. The number of pyridine rings is 1. The normalized spacial score (nSPS) is 23.7. The maximum atomic E-state index is 12.0. The molecule has 5 nitrogen and oxygen atoms in total. The molecule has 0 bridgehead atoms. The molecule has 0 aliphatic heterocycles. The second-order valence-corrected chi connectivity index (χ2v) is 4.91. The third-order valence-corrected chi connectivity index (χ3v) is 3.44. The number of carbonyl (C=O) groups excluding carboxylic acids is 1. The van der Waals surface area contributed by atoms with Crippen molar-refractivity contribution in [3.8, 4) is 0 Å². The van der Waals surface area contributed by atoms with E-state index in [-0.39, 0.29) is 29.1 Å². The van der Waals surface area contributed by atoms with E-state index < -0.39 is 0 Å². The summed E-state index contributed by atoms with van der Waals surface area (Å²) < 4.78 is 0. The van der Waals surface area contributed by atoms with E-state index in [1.807, 2.05) is 0 Å². The van der Waals surface area contributed by atoms with Gasteiger partial charge in [0, 0.05) is 17.8 Å². The molecular weight excluding hydrogens is 230 g/mol. The average molecular weight is 249 g/mol. The maximum Gasteiger partial charge on any atom is 0.260 e. The van der Waals surface area contributed by atoms with Crippen LogP contribution in [0.2, 0.25) is 0 Å². The zero-order valence-electron chi connectivity index (χ0n) is 10.5. The van der Waals surface area contributed by atoms with Gasteiger partial charge in [-0.2, -0.15) is 0 Å². The van der Waals surface area contributed by atoms with Gasteiger partial charge in [-0.05, 0) is 31.9 Å². The van der Waals surface area contributed by atoms with Crippen LogP contribution in [0.1, 0.15) is 41.7 Å². The van der Waals surface area contributed by atoms with Crippen molar-refractivity contribution >= 4 is 5.91 Å². The minimum absolute atomic E-state index is 0.00719. The lowest BCUT2D eigenvalue weighted by Crippen LogP contribution is -2.50. The van der Waals surface area contributed by atoms with Crippen LogP contribution < -0.4 is 16.6 Å². The first kappa shape index (κ1) is 12.8. The Morgan fingerprint density at radius 3 is 2.78 bits per heavy atom. The molecular formula is C13H19N3O2. The zero-order valence-corrected chi connectivity index (χ0v) is 10.5. The summed E-state index contributed by atoms with van der Waals surface area (Å²) in [4.78, 5) is 26.3. The molecule has 1 saturated carbocycles. The fraction of sp³-hybridized carbons (Fsp3) is 0.538. The Bertz CT molecular complexity index is 495. The first-order valence-corrected chi connectivity index (χ1v) is 6.34. The zero-order chi connectivity index (χ0) is 13.1. The van der Waals surface area contributed by atoms with Crippen molar-refractivity contribution in [2.45, 2.75) is 44.7 Å². The number of rotatable bonds is 2. The predicted molar refractivity (Wildman–Crippen MR) is 69.5 cm³/mol. The number of aromatic amines is 1. The van der Waals surface area contributed by atoms with Gasteiger partial charge in [-0.3, -0.25) is 9.59 Å². The lowest BCUT2D eigenvalue weighted by atomic mass is 9.91. The van der Waals surface area contributed by atoms with E-state index in [2.05, 4.69) is 10.3 Å². The van der Waals surface area contributed by atoms with Crippen molar-refractivity contribution < 1.29 is 4.79 Å². The Hall–Kier alpha value is -1.62. The molecule has 18 heavy (non-hydrogen) atoms. The Labute approximate surface area is 106 Å². The third-order valence-electron chi connectivity index (χ3n) is 3.44. The van der Waals surface area contributed by atoms with Gasteiger partial charge in [0.05, 0.1) is 0 Å². The molecule has 1 amide bonds. The molecule has 1 heterocycles. The standard InChI is InChI=1S/C13H19N3O2/c1-8-6-7-9(12(17)15-8)13(18)16-11-5-3-2-4-10(11)14/h6-7,10-11H,2-5,14H2,1H3,(H,15,17)(H,16,18). The predicted octanol–water partition coefficient (Wildman–Crippen LogP) is 0.683. The molecule has 4 N–H and O–H groups in total. The van der Waals surface area contributed by atoms with E-state index in [0.29, 0.717) is 0 Å². The van der Waals surface area contributed by atoms with Gasteiger partial charge in [0.1, 0.15) is 5.56 Å². The van der Waals surface area contributed by atoms with Gasteiger partial charge in [0.25, 0.3) is 11.5 Å². The molecule has 1 aliphatic rings. The fourth-order valence-electron chi connectivity index (χ4n) is 2.34. The van der Waals surface area contributed by atoms with E-state index in [1.54, 1.807) is 19.1 Å². The molecule has 0 radical (unpaired) electrons.